The van der Waals surface area contributed by atoms with Crippen molar-refractivity contribution >= 4 is 15.9 Å². The van der Waals surface area contributed by atoms with Crippen molar-refractivity contribution in [3.05, 3.63) is 64.4 Å². The van der Waals surface area contributed by atoms with Crippen molar-refractivity contribution in [2.75, 3.05) is 13.1 Å². The number of hydrogen-bond acceptors (Lipinski definition) is 5. The molecule has 5 nitrogen and oxygen atoms in total. The van der Waals surface area contributed by atoms with Crippen molar-refractivity contribution in [3.8, 4) is 17.2 Å². The van der Waals surface area contributed by atoms with Crippen LogP contribution < -0.4 is 10.1 Å². The molecule has 0 aliphatic carbocycles. The number of benzene rings is 2. The molecule has 0 radical (unpaired) electrons. The van der Waals surface area contributed by atoms with E-state index in [1.54, 1.807) is 0 Å². The molecule has 0 saturated carbocycles. The van der Waals surface area contributed by atoms with Crippen LogP contribution in [0.15, 0.2) is 57.5 Å². The maximum absolute atomic E-state index is 6.25. The van der Waals surface area contributed by atoms with Gasteiger partial charge in [0.2, 0.25) is 0 Å². The number of rotatable bonds is 5. The van der Waals surface area contributed by atoms with Gasteiger partial charge in [0.1, 0.15) is 11.9 Å². The molecule has 1 saturated heterocycles. The van der Waals surface area contributed by atoms with E-state index in [1.807, 2.05) is 36.4 Å². The Kier molecular flexibility index (Phi) is 5.32. The molecule has 0 bridgehead atoms. The fraction of sp³-hybridized carbons (Fsp3) is 0.300. The van der Waals surface area contributed by atoms with Crippen molar-refractivity contribution in [2.24, 2.45) is 0 Å². The predicted octanol–water partition coefficient (Wildman–Crippen LogP) is 4.22. The number of aromatic nitrogens is 2. The molecule has 6 heteroatoms. The molecule has 1 aromatic heterocycles. The van der Waals surface area contributed by atoms with Crippen molar-refractivity contribution in [1.82, 2.24) is 15.5 Å². The fourth-order valence-corrected chi connectivity index (χ4v) is 3.42. The van der Waals surface area contributed by atoms with Gasteiger partial charge in [-0.2, -0.15) is 4.98 Å². The minimum absolute atomic E-state index is 0.205. The third kappa shape index (κ3) is 4.14. The molecule has 1 fully saturated rings. The van der Waals surface area contributed by atoms with Gasteiger partial charge >= 0.3 is 0 Å². The lowest BCUT2D eigenvalue weighted by atomic mass is 10.1. The highest BCUT2D eigenvalue weighted by molar-refractivity contribution is 9.10. The van der Waals surface area contributed by atoms with E-state index in [9.17, 15) is 0 Å². The number of hydrogen-bond donors (Lipinski definition) is 1. The highest BCUT2D eigenvalue weighted by Gasteiger charge is 2.20. The monoisotopic (exact) mass is 413 g/mol. The zero-order valence-electron chi connectivity index (χ0n) is 14.3. The van der Waals surface area contributed by atoms with Gasteiger partial charge in [-0.1, -0.05) is 51.4 Å². The molecule has 1 aliphatic rings. The molecule has 1 N–H and O–H groups in total. The van der Waals surface area contributed by atoms with E-state index in [4.69, 9.17) is 9.26 Å². The second-order valence-corrected chi connectivity index (χ2v) is 7.30. The summed E-state index contributed by atoms with van der Waals surface area (Å²) in [6, 6.07) is 16.0. The van der Waals surface area contributed by atoms with Crippen LogP contribution in [0, 0.1) is 0 Å². The second-order valence-electron chi connectivity index (χ2n) is 6.39. The lowest BCUT2D eigenvalue weighted by Gasteiger charge is -2.24. The van der Waals surface area contributed by atoms with Crippen LogP contribution in [-0.2, 0) is 6.42 Å². The van der Waals surface area contributed by atoms with Gasteiger partial charge in [0, 0.05) is 10.9 Å². The van der Waals surface area contributed by atoms with Gasteiger partial charge in [-0.3, -0.25) is 0 Å². The van der Waals surface area contributed by atoms with Gasteiger partial charge in [0.05, 0.1) is 5.56 Å². The summed E-state index contributed by atoms with van der Waals surface area (Å²) in [6.07, 6.45) is 2.84. The Morgan fingerprint density at radius 1 is 1.12 bits per heavy atom. The summed E-state index contributed by atoms with van der Waals surface area (Å²) in [7, 11) is 0. The van der Waals surface area contributed by atoms with E-state index in [2.05, 4.69) is 43.5 Å². The Morgan fingerprint density at radius 3 is 2.73 bits per heavy atom. The highest BCUT2D eigenvalue weighted by atomic mass is 79.9. The zero-order chi connectivity index (χ0) is 17.8. The molecular weight excluding hydrogens is 394 g/mol. The average molecular weight is 414 g/mol. The fourth-order valence-electron chi connectivity index (χ4n) is 3.08. The molecule has 0 atom stereocenters. The summed E-state index contributed by atoms with van der Waals surface area (Å²) in [6.45, 7) is 1.96. The summed E-state index contributed by atoms with van der Waals surface area (Å²) in [5.74, 6) is 1.94. The van der Waals surface area contributed by atoms with Crippen LogP contribution in [-0.4, -0.2) is 29.3 Å². The Morgan fingerprint density at radius 2 is 1.92 bits per heavy atom. The summed E-state index contributed by atoms with van der Waals surface area (Å²) >= 11 is 3.52. The van der Waals surface area contributed by atoms with Gasteiger partial charge in [-0.05, 0) is 49.7 Å². The van der Waals surface area contributed by atoms with E-state index in [1.165, 1.54) is 0 Å². The van der Waals surface area contributed by atoms with Crippen molar-refractivity contribution in [2.45, 2.75) is 25.4 Å². The second kappa shape index (κ2) is 8.01. The van der Waals surface area contributed by atoms with E-state index < -0.39 is 0 Å². The Balaban J connectivity index is 1.57. The Bertz CT molecular complexity index is 861. The molecule has 0 unspecified atom stereocenters. The molecule has 2 aromatic carbocycles. The normalized spacial score (nSPS) is 15.1. The summed E-state index contributed by atoms with van der Waals surface area (Å²) in [5.41, 5.74) is 1.99. The lowest BCUT2D eigenvalue weighted by molar-refractivity contribution is 0.163. The first kappa shape index (κ1) is 17.2. The topological polar surface area (TPSA) is 60.2 Å². The quantitative estimate of drug-likeness (QED) is 0.678. The predicted molar refractivity (Wildman–Crippen MR) is 103 cm³/mol. The molecule has 4 rings (SSSR count). The number of nitrogens with one attached hydrogen (secondary N) is 1. The van der Waals surface area contributed by atoms with Gasteiger partial charge in [-0.25, -0.2) is 0 Å². The number of nitrogens with zero attached hydrogens (tertiary/aromatic N) is 2. The number of piperidine rings is 1. The molecule has 1 aliphatic heterocycles. The minimum Gasteiger partial charge on any atom is -0.489 e. The van der Waals surface area contributed by atoms with E-state index in [-0.39, 0.29) is 6.10 Å². The molecular formula is C20H20BrN3O2. The smallest absolute Gasteiger partial charge is 0.261 e. The number of ether oxygens (including phenoxy) is 1. The summed E-state index contributed by atoms with van der Waals surface area (Å²) in [5, 5.41) is 7.49. The maximum atomic E-state index is 6.25. The first-order valence-electron chi connectivity index (χ1n) is 8.82. The van der Waals surface area contributed by atoms with Gasteiger partial charge < -0.3 is 14.6 Å². The first-order valence-corrected chi connectivity index (χ1v) is 9.61. The third-order valence-corrected chi connectivity index (χ3v) is 4.92. The van der Waals surface area contributed by atoms with Gasteiger partial charge in [0.25, 0.3) is 5.89 Å². The van der Waals surface area contributed by atoms with E-state index in [0.29, 0.717) is 18.1 Å². The maximum Gasteiger partial charge on any atom is 0.261 e. The van der Waals surface area contributed by atoms with Crippen LogP contribution in [0.1, 0.15) is 24.2 Å². The summed E-state index contributed by atoms with van der Waals surface area (Å²) < 4.78 is 12.7. The largest absolute Gasteiger partial charge is 0.489 e. The van der Waals surface area contributed by atoms with Gasteiger partial charge in [-0.15, -0.1) is 0 Å². The summed E-state index contributed by atoms with van der Waals surface area (Å²) in [4.78, 5) is 4.57. The van der Waals surface area contributed by atoms with Crippen molar-refractivity contribution < 1.29 is 9.26 Å². The lowest BCUT2D eigenvalue weighted by Crippen LogP contribution is -2.34. The Labute approximate surface area is 160 Å². The zero-order valence-corrected chi connectivity index (χ0v) is 15.9. The molecule has 0 spiro atoms. The van der Waals surface area contributed by atoms with Crippen LogP contribution in [0.2, 0.25) is 0 Å². The minimum atomic E-state index is 0.205. The SMILES string of the molecule is Brc1ccc(-c2nc(Cc3ccccc3)no2)c(OC2CCNCC2)c1. The molecule has 0 amide bonds. The van der Waals surface area contributed by atoms with E-state index in [0.717, 1.165) is 47.3 Å². The van der Waals surface area contributed by atoms with Crippen molar-refractivity contribution in [3.63, 3.8) is 0 Å². The van der Waals surface area contributed by atoms with Crippen LogP contribution in [0.3, 0.4) is 0 Å². The average Bonchev–Trinajstić information content (AvgIpc) is 3.12. The Hall–Kier alpha value is -2.18. The van der Waals surface area contributed by atoms with Crippen LogP contribution in [0.5, 0.6) is 5.75 Å². The molecule has 134 valence electrons. The van der Waals surface area contributed by atoms with Gasteiger partial charge in [0.15, 0.2) is 5.82 Å². The van der Waals surface area contributed by atoms with Crippen LogP contribution >= 0.6 is 15.9 Å². The molecule has 3 aromatic rings. The standard InChI is InChI=1S/C20H20BrN3O2/c21-15-6-7-17(18(13-15)25-16-8-10-22-11-9-16)20-23-19(24-26-20)12-14-4-2-1-3-5-14/h1-7,13,16,22H,8-12H2. The van der Waals surface area contributed by atoms with E-state index >= 15 is 0 Å². The van der Waals surface area contributed by atoms with Crippen LogP contribution in [0.4, 0.5) is 0 Å². The molecule has 2 heterocycles. The molecule has 26 heavy (non-hydrogen) atoms. The third-order valence-electron chi connectivity index (χ3n) is 4.43. The number of halogens is 1. The van der Waals surface area contributed by atoms with Crippen molar-refractivity contribution in [1.29, 1.82) is 0 Å². The first-order chi connectivity index (χ1) is 12.8. The van der Waals surface area contributed by atoms with Crippen LogP contribution in [0.25, 0.3) is 11.5 Å². The highest BCUT2D eigenvalue weighted by Crippen LogP contribution is 2.33.